The summed E-state index contributed by atoms with van der Waals surface area (Å²) >= 11 is 6.80. The molecule has 6 rings (SSSR count). The largest absolute Gasteiger partial charge is 0.381 e. The molecule has 2 aromatic heterocycles. The summed E-state index contributed by atoms with van der Waals surface area (Å²) in [5, 5.41) is 28.3. The first-order valence-corrected chi connectivity index (χ1v) is 17.0. The molecule has 1 unspecified atom stereocenters. The molecule has 2 N–H and O–H groups in total. The molecule has 46 heavy (non-hydrogen) atoms. The molecule has 9 nitrogen and oxygen atoms in total. The van der Waals surface area contributed by atoms with E-state index in [1.165, 1.54) is 0 Å². The van der Waals surface area contributed by atoms with Crippen molar-refractivity contribution in [1.82, 2.24) is 24.9 Å². The molecule has 0 aliphatic carbocycles. The number of halogens is 1. The molecule has 2 fully saturated rings. The highest BCUT2D eigenvalue weighted by Gasteiger charge is 2.30. The SMILES string of the molecule is CCC(Nc1c(C#N)cnc2c(N[C@@H](c3ccccc3)c3cn(C4CCN(C(C)(C)C)CC4)nn3)cc(Cl)cc12)C1CCOCC1. The number of rotatable bonds is 9. The van der Waals surface area contributed by atoms with Gasteiger partial charge < -0.3 is 15.4 Å². The molecule has 0 amide bonds. The van der Waals surface area contributed by atoms with Gasteiger partial charge in [0.15, 0.2) is 0 Å². The number of fused-ring (bicyclic) bond motifs is 1. The smallest absolute Gasteiger partial charge is 0.109 e. The first-order chi connectivity index (χ1) is 22.2. The molecule has 10 heteroatoms. The summed E-state index contributed by atoms with van der Waals surface area (Å²) in [5.41, 5.74) is 4.86. The molecule has 2 aliphatic rings. The number of ether oxygens (including phenoxy) is 1. The van der Waals surface area contributed by atoms with Gasteiger partial charge in [-0.3, -0.25) is 9.88 Å². The zero-order chi connectivity index (χ0) is 32.3. The molecule has 4 heterocycles. The van der Waals surface area contributed by atoms with Gasteiger partial charge in [0.25, 0.3) is 0 Å². The molecule has 2 aromatic carbocycles. The predicted molar refractivity (Wildman–Crippen MR) is 184 cm³/mol. The standard InChI is InChI=1S/C36H45ClN8O/c1-5-30(24-13-17-46-18-14-24)40-33-26(21-38)22-39-35-29(33)19-27(37)20-31(35)41-34(25-9-7-6-8-10-25)32-23-45(43-42-32)28-11-15-44(16-12-28)36(2,3)4/h6-10,19-20,22-24,28,30,34,41H,5,11-18H2,1-4H3,(H,39,40)/t30?,34-/m0/s1. The van der Waals surface area contributed by atoms with Gasteiger partial charge in [0, 0.05) is 54.5 Å². The van der Waals surface area contributed by atoms with E-state index in [9.17, 15) is 5.26 Å². The summed E-state index contributed by atoms with van der Waals surface area (Å²) in [6.45, 7) is 12.6. The van der Waals surface area contributed by atoms with Gasteiger partial charge in [-0.25, -0.2) is 4.68 Å². The Morgan fingerprint density at radius 2 is 1.80 bits per heavy atom. The van der Waals surface area contributed by atoms with Crippen LogP contribution in [-0.2, 0) is 4.74 Å². The van der Waals surface area contributed by atoms with Gasteiger partial charge in [0.05, 0.1) is 40.7 Å². The van der Waals surface area contributed by atoms with Crippen LogP contribution >= 0.6 is 11.6 Å². The van der Waals surface area contributed by atoms with Gasteiger partial charge in [0.1, 0.15) is 11.8 Å². The maximum atomic E-state index is 10.1. The predicted octanol–water partition coefficient (Wildman–Crippen LogP) is 7.61. The lowest BCUT2D eigenvalue weighted by atomic mass is 9.89. The van der Waals surface area contributed by atoms with Gasteiger partial charge in [-0.15, -0.1) is 5.10 Å². The Morgan fingerprint density at radius 1 is 1.07 bits per heavy atom. The number of piperidine rings is 1. The van der Waals surface area contributed by atoms with Crippen molar-refractivity contribution in [2.45, 2.75) is 83.5 Å². The number of anilines is 2. The van der Waals surface area contributed by atoms with E-state index in [0.717, 1.165) is 91.9 Å². The van der Waals surface area contributed by atoms with E-state index in [1.807, 2.05) is 35.0 Å². The highest BCUT2D eigenvalue weighted by atomic mass is 35.5. The van der Waals surface area contributed by atoms with Crippen LogP contribution in [0, 0.1) is 17.2 Å². The highest BCUT2D eigenvalue weighted by Crippen LogP contribution is 2.38. The molecule has 0 radical (unpaired) electrons. The number of pyridine rings is 1. The van der Waals surface area contributed by atoms with Gasteiger partial charge in [-0.1, -0.05) is 54.1 Å². The lowest BCUT2D eigenvalue weighted by Gasteiger charge is -2.40. The van der Waals surface area contributed by atoms with Crippen LogP contribution < -0.4 is 10.6 Å². The van der Waals surface area contributed by atoms with Crippen molar-refractivity contribution in [1.29, 1.82) is 5.26 Å². The molecule has 2 saturated heterocycles. The number of hydrogen-bond acceptors (Lipinski definition) is 8. The summed E-state index contributed by atoms with van der Waals surface area (Å²) in [6, 6.07) is 16.7. The molecular formula is C36H45ClN8O. The minimum absolute atomic E-state index is 0.167. The van der Waals surface area contributed by atoms with Crippen molar-refractivity contribution < 1.29 is 4.74 Å². The maximum absolute atomic E-state index is 10.1. The molecule has 2 aliphatic heterocycles. The van der Waals surface area contributed by atoms with Crippen LogP contribution in [0.3, 0.4) is 0 Å². The number of benzene rings is 2. The Hall–Kier alpha value is -3.71. The normalized spacial score (nSPS) is 18.3. The average molecular weight is 641 g/mol. The first kappa shape index (κ1) is 32.2. The van der Waals surface area contributed by atoms with Gasteiger partial charge >= 0.3 is 0 Å². The molecule has 242 valence electrons. The van der Waals surface area contributed by atoms with E-state index >= 15 is 0 Å². The van der Waals surface area contributed by atoms with E-state index in [2.05, 4.69) is 72.8 Å². The van der Waals surface area contributed by atoms with E-state index in [4.69, 9.17) is 26.4 Å². The molecule has 4 aromatic rings. The third-order valence-electron chi connectivity index (χ3n) is 9.70. The van der Waals surface area contributed by atoms with Crippen molar-refractivity contribution >= 4 is 33.9 Å². The fourth-order valence-electron chi connectivity index (χ4n) is 7.01. The third kappa shape index (κ3) is 7.00. The minimum atomic E-state index is -0.286. The molecular weight excluding hydrogens is 596 g/mol. The van der Waals surface area contributed by atoms with Gasteiger partial charge in [0.2, 0.25) is 0 Å². The van der Waals surface area contributed by atoms with Crippen molar-refractivity contribution in [2.75, 3.05) is 36.9 Å². The van der Waals surface area contributed by atoms with Crippen LogP contribution in [-0.4, -0.2) is 62.8 Å². The molecule has 2 atom stereocenters. The zero-order valence-corrected chi connectivity index (χ0v) is 28.1. The summed E-state index contributed by atoms with van der Waals surface area (Å²) in [4.78, 5) is 7.34. The highest BCUT2D eigenvalue weighted by molar-refractivity contribution is 6.32. The number of nitrogens with one attached hydrogen (secondary N) is 2. The Bertz CT molecular complexity index is 1660. The fraction of sp³-hybridized carbons (Fsp3) is 0.500. The molecule has 0 bridgehead atoms. The van der Waals surface area contributed by atoms with Crippen LogP contribution in [0.4, 0.5) is 11.4 Å². The van der Waals surface area contributed by atoms with E-state index in [-0.39, 0.29) is 17.6 Å². The molecule has 0 spiro atoms. The van der Waals surface area contributed by atoms with E-state index in [1.54, 1.807) is 6.20 Å². The van der Waals surface area contributed by atoms with Crippen molar-refractivity contribution in [2.24, 2.45) is 5.92 Å². The first-order valence-electron chi connectivity index (χ1n) is 16.6. The number of aromatic nitrogens is 4. The van der Waals surface area contributed by atoms with Crippen molar-refractivity contribution in [3.05, 3.63) is 76.7 Å². The summed E-state index contributed by atoms with van der Waals surface area (Å²) in [5.74, 6) is 0.469. The zero-order valence-electron chi connectivity index (χ0n) is 27.3. The van der Waals surface area contributed by atoms with Gasteiger partial charge in [-0.05, 0) is 76.5 Å². The summed E-state index contributed by atoms with van der Waals surface area (Å²) in [7, 11) is 0. The second kappa shape index (κ2) is 14.0. The Morgan fingerprint density at radius 3 is 2.48 bits per heavy atom. The minimum Gasteiger partial charge on any atom is -0.381 e. The van der Waals surface area contributed by atoms with Gasteiger partial charge in [-0.2, -0.15) is 5.26 Å². The van der Waals surface area contributed by atoms with Crippen LogP contribution in [0.25, 0.3) is 10.9 Å². The average Bonchev–Trinajstić information content (AvgIpc) is 3.56. The van der Waals surface area contributed by atoms with Crippen molar-refractivity contribution in [3.63, 3.8) is 0 Å². The third-order valence-corrected chi connectivity index (χ3v) is 9.92. The number of hydrogen-bond donors (Lipinski definition) is 2. The van der Waals surface area contributed by atoms with Crippen molar-refractivity contribution in [3.8, 4) is 6.07 Å². The quantitative estimate of drug-likeness (QED) is 0.193. The fourth-order valence-corrected chi connectivity index (χ4v) is 7.22. The maximum Gasteiger partial charge on any atom is 0.109 e. The second-order valence-corrected chi connectivity index (χ2v) is 14.1. The van der Waals surface area contributed by atoms with E-state index in [0.29, 0.717) is 22.5 Å². The van der Waals surface area contributed by atoms with E-state index < -0.39 is 0 Å². The Kier molecular flexibility index (Phi) is 9.78. The topological polar surface area (TPSA) is 104 Å². The number of likely N-dealkylation sites (tertiary alicyclic amines) is 1. The lowest BCUT2D eigenvalue weighted by Crippen LogP contribution is -2.46. The monoisotopic (exact) mass is 640 g/mol. The number of nitrogens with zero attached hydrogens (tertiary/aromatic N) is 6. The summed E-state index contributed by atoms with van der Waals surface area (Å²) in [6.07, 6.45) is 8.76. The number of nitriles is 1. The van der Waals surface area contributed by atoms with Crippen LogP contribution in [0.2, 0.25) is 5.02 Å². The van der Waals surface area contributed by atoms with Crippen LogP contribution in [0.5, 0.6) is 0 Å². The van der Waals surface area contributed by atoms with Crippen LogP contribution in [0.1, 0.15) is 88.7 Å². The summed E-state index contributed by atoms with van der Waals surface area (Å²) < 4.78 is 7.67. The Balaban J connectivity index is 1.34. The second-order valence-electron chi connectivity index (χ2n) is 13.6. The van der Waals surface area contributed by atoms with Crippen LogP contribution in [0.15, 0.2) is 54.9 Å². The Labute approximate surface area is 277 Å². The lowest BCUT2D eigenvalue weighted by molar-refractivity contribution is 0.0602. The molecule has 0 saturated carbocycles.